The zero-order valence-corrected chi connectivity index (χ0v) is 13.1. The van der Waals surface area contributed by atoms with Crippen molar-refractivity contribution in [3.05, 3.63) is 23.0 Å². The molecular formula is C13H14FN3O6S. The fraction of sp³-hybridized carbons (Fsp3) is 0.385. The molecular weight excluding hydrogens is 345 g/mol. The average Bonchev–Trinajstić information content (AvgIpc) is 2.97. The lowest BCUT2D eigenvalue weighted by atomic mass is 10.1. The number of rotatable bonds is 3. The molecule has 24 heavy (non-hydrogen) atoms. The normalized spacial score (nSPS) is 21.5. The number of hydrogen-bond acceptors (Lipinski definition) is 5. The summed E-state index contributed by atoms with van der Waals surface area (Å²) in [4.78, 5) is 21.8. The van der Waals surface area contributed by atoms with Crippen LogP contribution in [-0.2, 0) is 27.8 Å². The lowest BCUT2D eigenvalue weighted by Gasteiger charge is -2.18. The van der Waals surface area contributed by atoms with Crippen molar-refractivity contribution >= 4 is 27.9 Å². The molecule has 1 aromatic rings. The van der Waals surface area contributed by atoms with E-state index in [1.165, 1.54) is 6.07 Å². The Kier molecular flexibility index (Phi) is 3.74. The van der Waals surface area contributed by atoms with Gasteiger partial charge in [-0.25, -0.2) is 18.2 Å². The molecule has 4 N–H and O–H groups in total. The highest BCUT2D eigenvalue weighted by molar-refractivity contribution is 7.92. The highest BCUT2D eigenvalue weighted by atomic mass is 32.2. The van der Waals surface area contributed by atoms with Crippen LogP contribution in [0, 0.1) is 11.7 Å². The van der Waals surface area contributed by atoms with Gasteiger partial charge in [-0.3, -0.25) is 4.79 Å². The number of halogens is 1. The zero-order chi connectivity index (χ0) is 17.6. The van der Waals surface area contributed by atoms with Gasteiger partial charge >= 0.3 is 16.3 Å². The maximum absolute atomic E-state index is 14.8. The van der Waals surface area contributed by atoms with Crippen LogP contribution in [0.2, 0.25) is 0 Å². The predicted molar refractivity (Wildman–Crippen MR) is 79.4 cm³/mol. The fourth-order valence-corrected chi connectivity index (χ4v) is 4.21. The van der Waals surface area contributed by atoms with E-state index in [9.17, 15) is 27.5 Å². The Morgan fingerprint density at radius 2 is 2.17 bits per heavy atom. The van der Waals surface area contributed by atoms with Crippen LogP contribution in [0.1, 0.15) is 11.1 Å². The first-order valence-corrected chi connectivity index (χ1v) is 8.46. The second kappa shape index (κ2) is 5.51. The Bertz CT molecular complexity index is 841. The molecule has 3 rings (SSSR count). The lowest BCUT2D eigenvalue weighted by Crippen LogP contribution is -2.30. The molecule has 1 heterocycles. The number of aromatic hydroxyl groups is 1. The molecule has 1 aliphatic heterocycles. The number of carbonyl (C=O) groups excluding carboxylic acids is 1. The van der Waals surface area contributed by atoms with E-state index in [0.29, 0.717) is 16.3 Å². The molecule has 1 fully saturated rings. The molecule has 0 bridgehead atoms. The number of nitrogens with one attached hydrogen (secondary N) is 2. The van der Waals surface area contributed by atoms with E-state index in [1.54, 1.807) is 4.72 Å². The van der Waals surface area contributed by atoms with Gasteiger partial charge in [0.25, 0.3) is 5.91 Å². The second-order valence-electron chi connectivity index (χ2n) is 5.69. The summed E-state index contributed by atoms with van der Waals surface area (Å²) in [6, 6.07) is 1.26. The Morgan fingerprint density at radius 3 is 2.75 bits per heavy atom. The first-order chi connectivity index (χ1) is 11.2. The van der Waals surface area contributed by atoms with E-state index in [2.05, 4.69) is 5.32 Å². The van der Waals surface area contributed by atoms with E-state index in [0.717, 1.165) is 0 Å². The van der Waals surface area contributed by atoms with Crippen molar-refractivity contribution in [1.82, 2.24) is 10.0 Å². The molecule has 2 amide bonds. The summed E-state index contributed by atoms with van der Waals surface area (Å²) in [6.07, 6.45) is -0.642. The van der Waals surface area contributed by atoms with Crippen LogP contribution in [0.15, 0.2) is 6.07 Å². The van der Waals surface area contributed by atoms with Gasteiger partial charge in [0.05, 0.1) is 0 Å². The Labute approximate surface area is 136 Å². The number of nitrogens with zero attached hydrogens (tertiary/aromatic N) is 1. The summed E-state index contributed by atoms with van der Waals surface area (Å²) < 4.78 is 40.7. The molecule has 11 heteroatoms. The third-order valence-electron chi connectivity index (χ3n) is 4.03. The van der Waals surface area contributed by atoms with Crippen molar-refractivity contribution in [2.75, 3.05) is 17.4 Å². The van der Waals surface area contributed by atoms with Gasteiger partial charge in [0.2, 0.25) is 0 Å². The third-order valence-corrected chi connectivity index (χ3v) is 5.40. The number of benzene rings is 1. The highest BCUT2D eigenvalue weighted by Gasteiger charge is 2.39. The molecule has 0 radical (unpaired) electrons. The monoisotopic (exact) mass is 359 g/mol. The maximum atomic E-state index is 14.8. The molecule has 1 aliphatic carbocycles. The zero-order valence-electron chi connectivity index (χ0n) is 12.2. The molecule has 2 aliphatic rings. The summed E-state index contributed by atoms with van der Waals surface area (Å²) >= 11 is 0. The van der Waals surface area contributed by atoms with Crippen molar-refractivity contribution in [3.8, 4) is 5.75 Å². The molecule has 0 aromatic heterocycles. The Hall–Kier alpha value is -2.56. The number of carbonyl (C=O) groups is 2. The number of carboxylic acid groups (broad SMARTS) is 1. The van der Waals surface area contributed by atoms with Crippen molar-refractivity contribution < 1.29 is 32.6 Å². The van der Waals surface area contributed by atoms with Crippen LogP contribution in [0.4, 0.5) is 14.9 Å². The van der Waals surface area contributed by atoms with E-state index < -0.39 is 46.0 Å². The average molecular weight is 359 g/mol. The van der Waals surface area contributed by atoms with Crippen molar-refractivity contribution in [1.29, 1.82) is 0 Å². The first-order valence-electron chi connectivity index (χ1n) is 7.02. The lowest BCUT2D eigenvalue weighted by molar-refractivity contribution is -0.117. The quantitative estimate of drug-likeness (QED) is 0.585. The molecule has 1 saturated heterocycles. The third kappa shape index (κ3) is 2.70. The standard InChI is InChI=1S/C13H14FN3O6S/c14-11-8-2-6(4-15-13(20)21)1-7(8)3-9(18)12(11)17-5-10(19)16-24(17,22)23/h3,6,15,18H,1-2,4-5H2,(H,16,19)(H,20,21)/t6-/m1/s1. The minimum atomic E-state index is -4.24. The van der Waals surface area contributed by atoms with Crippen molar-refractivity contribution in [2.24, 2.45) is 5.92 Å². The van der Waals surface area contributed by atoms with Gasteiger partial charge in [0.15, 0.2) is 5.82 Å². The van der Waals surface area contributed by atoms with Crippen LogP contribution in [-0.4, -0.2) is 43.7 Å². The van der Waals surface area contributed by atoms with Crippen LogP contribution < -0.4 is 14.3 Å². The molecule has 130 valence electrons. The van der Waals surface area contributed by atoms with E-state index >= 15 is 0 Å². The molecule has 9 nitrogen and oxygen atoms in total. The van der Waals surface area contributed by atoms with Crippen molar-refractivity contribution in [3.63, 3.8) is 0 Å². The second-order valence-corrected chi connectivity index (χ2v) is 7.29. The fourth-order valence-electron chi connectivity index (χ4n) is 3.05. The summed E-state index contributed by atoms with van der Waals surface area (Å²) in [5.41, 5.74) is 0.135. The molecule has 0 unspecified atom stereocenters. The number of phenolic OH excluding ortho intramolecular Hbond substituents is 1. The van der Waals surface area contributed by atoms with E-state index in [4.69, 9.17) is 5.11 Å². The maximum Gasteiger partial charge on any atom is 0.404 e. The van der Waals surface area contributed by atoms with Gasteiger partial charge in [0.1, 0.15) is 18.0 Å². The van der Waals surface area contributed by atoms with Crippen LogP contribution in [0.5, 0.6) is 5.75 Å². The largest absolute Gasteiger partial charge is 0.506 e. The number of amides is 2. The van der Waals surface area contributed by atoms with Crippen LogP contribution in [0.3, 0.4) is 0 Å². The Balaban J connectivity index is 1.95. The van der Waals surface area contributed by atoms with Crippen LogP contribution >= 0.6 is 0 Å². The minimum absolute atomic E-state index is 0.113. The number of hydrogen-bond donors (Lipinski definition) is 4. The SMILES string of the molecule is O=C(O)NC[C@@H]1Cc2cc(O)c(N3CC(=O)NS3(=O)=O)c(F)c2C1. The summed E-state index contributed by atoms with van der Waals surface area (Å²) in [6.45, 7) is -0.503. The van der Waals surface area contributed by atoms with Gasteiger partial charge < -0.3 is 15.5 Å². The first kappa shape index (κ1) is 16.3. The minimum Gasteiger partial charge on any atom is -0.506 e. The van der Waals surface area contributed by atoms with Gasteiger partial charge in [-0.15, -0.1) is 0 Å². The van der Waals surface area contributed by atoms with Crippen molar-refractivity contribution in [2.45, 2.75) is 12.8 Å². The number of phenols is 1. The van der Waals surface area contributed by atoms with Gasteiger partial charge in [-0.05, 0) is 36.0 Å². The van der Waals surface area contributed by atoms with Gasteiger partial charge in [-0.2, -0.15) is 8.42 Å². The van der Waals surface area contributed by atoms with Gasteiger partial charge in [-0.1, -0.05) is 0 Å². The molecule has 1 atom stereocenters. The van der Waals surface area contributed by atoms with E-state index in [1.807, 2.05) is 0 Å². The number of anilines is 1. The summed E-state index contributed by atoms with van der Waals surface area (Å²) in [5.74, 6) is -2.52. The molecule has 0 saturated carbocycles. The smallest absolute Gasteiger partial charge is 0.404 e. The van der Waals surface area contributed by atoms with Crippen LogP contribution in [0.25, 0.3) is 0 Å². The molecule has 1 aromatic carbocycles. The highest BCUT2D eigenvalue weighted by Crippen LogP contribution is 2.41. The van der Waals surface area contributed by atoms with E-state index in [-0.39, 0.29) is 24.4 Å². The molecule has 0 spiro atoms. The Morgan fingerprint density at radius 1 is 1.46 bits per heavy atom. The van der Waals surface area contributed by atoms with Gasteiger partial charge in [0, 0.05) is 6.54 Å². The number of fused-ring (bicyclic) bond motifs is 1. The summed E-state index contributed by atoms with van der Waals surface area (Å²) in [5, 5.41) is 20.9. The topological polar surface area (TPSA) is 136 Å². The summed E-state index contributed by atoms with van der Waals surface area (Å²) in [7, 11) is -4.24. The predicted octanol–water partition coefficient (Wildman–Crippen LogP) is -0.305.